The van der Waals surface area contributed by atoms with Crippen molar-refractivity contribution in [3.05, 3.63) is 29.3 Å². The van der Waals surface area contributed by atoms with E-state index in [9.17, 15) is 18.0 Å². The Morgan fingerprint density at radius 1 is 1.30 bits per heavy atom. The van der Waals surface area contributed by atoms with Crippen molar-refractivity contribution in [2.45, 2.75) is 19.0 Å². The molecule has 7 nitrogen and oxygen atoms in total. The van der Waals surface area contributed by atoms with Crippen LogP contribution in [0.5, 0.6) is 0 Å². The summed E-state index contributed by atoms with van der Waals surface area (Å²) in [5, 5.41) is 3.20. The molecule has 1 aliphatic heterocycles. The summed E-state index contributed by atoms with van der Waals surface area (Å²) in [7, 11) is -3.18. The van der Waals surface area contributed by atoms with Gasteiger partial charge in [-0.2, -0.15) is 0 Å². The van der Waals surface area contributed by atoms with E-state index in [1.54, 1.807) is 0 Å². The maximum atomic E-state index is 12.3. The molecule has 0 aliphatic carbocycles. The standard InChI is InChI=1S/C14H15N3O4S2/c1-23(20,21)7-6-10-13(18)17(14(19)16-10)8-12-15-9-4-2-3-5-11(9)22-12/h2-5,10H,6-8H2,1H3,(H,16,19). The molecule has 0 spiro atoms. The summed E-state index contributed by atoms with van der Waals surface area (Å²) in [5.41, 5.74) is 0.827. The Morgan fingerprint density at radius 3 is 2.74 bits per heavy atom. The lowest BCUT2D eigenvalue weighted by molar-refractivity contribution is -0.127. The third kappa shape index (κ3) is 3.50. The van der Waals surface area contributed by atoms with E-state index in [0.29, 0.717) is 5.01 Å². The molecule has 2 heterocycles. The van der Waals surface area contributed by atoms with Gasteiger partial charge in [0.2, 0.25) is 0 Å². The van der Waals surface area contributed by atoms with Crippen LogP contribution in [0.1, 0.15) is 11.4 Å². The Bertz CT molecular complexity index is 842. The summed E-state index contributed by atoms with van der Waals surface area (Å²) in [5.74, 6) is -0.545. The van der Waals surface area contributed by atoms with Gasteiger partial charge in [-0.3, -0.25) is 9.69 Å². The number of para-hydroxylation sites is 1. The second-order valence-electron chi connectivity index (χ2n) is 5.42. The highest BCUT2D eigenvalue weighted by atomic mass is 32.2. The molecule has 1 N–H and O–H groups in total. The van der Waals surface area contributed by atoms with E-state index < -0.39 is 27.8 Å². The second-order valence-corrected chi connectivity index (χ2v) is 8.80. The van der Waals surface area contributed by atoms with E-state index in [0.717, 1.165) is 21.4 Å². The summed E-state index contributed by atoms with van der Waals surface area (Å²) >= 11 is 1.43. The Balaban J connectivity index is 1.72. The van der Waals surface area contributed by atoms with Crippen LogP contribution in [0, 0.1) is 0 Å². The first kappa shape index (κ1) is 15.9. The number of aromatic nitrogens is 1. The zero-order valence-electron chi connectivity index (χ0n) is 12.4. The Hall–Kier alpha value is -2.00. The maximum absolute atomic E-state index is 12.3. The molecule has 1 saturated heterocycles. The molecule has 0 radical (unpaired) electrons. The number of rotatable bonds is 5. The third-order valence-corrected chi connectivity index (χ3v) is 5.51. The van der Waals surface area contributed by atoms with Crippen LogP contribution < -0.4 is 5.32 Å². The van der Waals surface area contributed by atoms with Gasteiger partial charge >= 0.3 is 6.03 Å². The smallest absolute Gasteiger partial charge is 0.325 e. The second kappa shape index (κ2) is 5.89. The molecule has 3 amide bonds. The molecule has 23 heavy (non-hydrogen) atoms. The fourth-order valence-corrected chi connectivity index (χ4v) is 4.00. The van der Waals surface area contributed by atoms with Gasteiger partial charge in [0, 0.05) is 6.26 Å². The SMILES string of the molecule is CS(=O)(=O)CCC1NC(=O)N(Cc2nc3ccccc3s2)C1=O. The topological polar surface area (TPSA) is 96.4 Å². The van der Waals surface area contributed by atoms with Crippen molar-refractivity contribution in [2.24, 2.45) is 0 Å². The molecule has 1 atom stereocenters. The van der Waals surface area contributed by atoms with Crippen molar-refractivity contribution in [2.75, 3.05) is 12.0 Å². The van der Waals surface area contributed by atoms with E-state index in [-0.39, 0.29) is 18.7 Å². The number of hydrogen-bond donors (Lipinski definition) is 1. The van der Waals surface area contributed by atoms with Gasteiger partial charge in [-0.1, -0.05) is 12.1 Å². The van der Waals surface area contributed by atoms with Gasteiger partial charge < -0.3 is 5.32 Å². The molecule has 1 aromatic carbocycles. The summed E-state index contributed by atoms with van der Waals surface area (Å²) in [4.78, 5) is 29.7. The van der Waals surface area contributed by atoms with Gasteiger partial charge in [0.1, 0.15) is 20.9 Å². The zero-order valence-corrected chi connectivity index (χ0v) is 14.0. The van der Waals surface area contributed by atoms with Gasteiger partial charge in [-0.05, 0) is 18.6 Å². The highest BCUT2D eigenvalue weighted by Crippen LogP contribution is 2.24. The van der Waals surface area contributed by atoms with Crippen LogP contribution in [0.3, 0.4) is 0 Å². The molecule has 122 valence electrons. The predicted octanol–water partition coefficient (Wildman–Crippen LogP) is 1.15. The normalized spacial score (nSPS) is 18.7. The minimum Gasteiger partial charge on any atom is -0.326 e. The highest BCUT2D eigenvalue weighted by molar-refractivity contribution is 7.90. The van der Waals surface area contributed by atoms with Crippen molar-refractivity contribution in [1.82, 2.24) is 15.2 Å². The van der Waals surface area contributed by atoms with Crippen molar-refractivity contribution in [3.63, 3.8) is 0 Å². The van der Waals surface area contributed by atoms with E-state index in [4.69, 9.17) is 0 Å². The number of imide groups is 1. The summed E-state index contributed by atoms with van der Waals surface area (Å²) in [6, 6.07) is 6.28. The van der Waals surface area contributed by atoms with Gasteiger partial charge in [0.25, 0.3) is 5.91 Å². The lowest BCUT2D eigenvalue weighted by atomic mass is 10.2. The van der Waals surface area contributed by atoms with Crippen molar-refractivity contribution in [1.29, 1.82) is 0 Å². The van der Waals surface area contributed by atoms with Crippen LogP contribution in [0.4, 0.5) is 4.79 Å². The van der Waals surface area contributed by atoms with Crippen molar-refractivity contribution >= 4 is 43.3 Å². The number of nitrogens with zero attached hydrogens (tertiary/aromatic N) is 2. The van der Waals surface area contributed by atoms with Crippen LogP contribution in [-0.4, -0.2) is 48.3 Å². The van der Waals surface area contributed by atoms with Crippen LogP contribution in [0.15, 0.2) is 24.3 Å². The Morgan fingerprint density at radius 2 is 2.04 bits per heavy atom. The molecule has 2 aromatic rings. The van der Waals surface area contributed by atoms with Crippen molar-refractivity contribution in [3.8, 4) is 0 Å². The molecular weight excluding hydrogens is 338 g/mol. The average Bonchev–Trinajstić information content (AvgIpc) is 3.00. The Labute approximate surface area is 137 Å². The number of nitrogens with one attached hydrogen (secondary N) is 1. The predicted molar refractivity (Wildman–Crippen MR) is 86.8 cm³/mol. The molecule has 1 aliphatic rings. The number of urea groups is 1. The largest absolute Gasteiger partial charge is 0.326 e. The number of carbonyl (C=O) groups excluding carboxylic acids is 2. The van der Waals surface area contributed by atoms with E-state index in [2.05, 4.69) is 10.3 Å². The molecule has 0 bridgehead atoms. The number of amides is 3. The maximum Gasteiger partial charge on any atom is 0.325 e. The van der Waals surface area contributed by atoms with E-state index in [1.165, 1.54) is 11.3 Å². The first-order chi connectivity index (χ1) is 10.8. The lowest BCUT2D eigenvalue weighted by Gasteiger charge is -2.10. The quantitative estimate of drug-likeness (QED) is 0.814. The van der Waals surface area contributed by atoms with E-state index >= 15 is 0 Å². The van der Waals surface area contributed by atoms with Crippen molar-refractivity contribution < 1.29 is 18.0 Å². The van der Waals surface area contributed by atoms with Crippen LogP contribution in [0.25, 0.3) is 10.2 Å². The number of fused-ring (bicyclic) bond motifs is 1. The number of carbonyl (C=O) groups is 2. The molecule has 3 rings (SSSR count). The minimum absolute atomic E-state index is 0.0831. The first-order valence-corrected chi connectivity index (χ1v) is 9.85. The molecule has 9 heteroatoms. The molecule has 0 saturated carbocycles. The van der Waals surface area contributed by atoms with E-state index in [1.807, 2.05) is 24.3 Å². The minimum atomic E-state index is -3.18. The highest BCUT2D eigenvalue weighted by Gasteiger charge is 2.38. The zero-order chi connectivity index (χ0) is 16.6. The van der Waals surface area contributed by atoms with Gasteiger partial charge in [-0.25, -0.2) is 18.2 Å². The summed E-state index contributed by atoms with van der Waals surface area (Å²) in [6.45, 7) is 0.0966. The Kier molecular flexibility index (Phi) is 4.07. The van der Waals surface area contributed by atoms with Crippen LogP contribution in [-0.2, 0) is 21.2 Å². The average molecular weight is 353 g/mol. The molecule has 1 aromatic heterocycles. The molecule has 1 unspecified atom stereocenters. The monoisotopic (exact) mass is 353 g/mol. The number of thiazole rings is 1. The molecule has 1 fully saturated rings. The lowest BCUT2D eigenvalue weighted by Crippen LogP contribution is -2.32. The van der Waals surface area contributed by atoms with Gasteiger partial charge in [0.05, 0.1) is 22.5 Å². The first-order valence-electron chi connectivity index (χ1n) is 6.97. The van der Waals surface area contributed by atoms with Crippen LogP contribution in [0.2, 0.25) is 0 Å². The third-order valence-electron chi connectivity index (χ3n) is 3.52. The number of sulfone groups is 1. The van der Waals surface area contributed by atoms with Crippen LogP contribution >= 0.6 is 11.3 Å². The number of hydrogen-bond acceptors (Lipinski definition) is 6. The fourth-order valence-electron chi connectivity index (χ4n) is 2.38. The summed E-state index contributed by atoms with van der Waals surface area (Å²) in [6.07, 6.45) is 1.19. The van der Waals surface area contributed by atoms with Gasteiger partial charge in [0.15, 0.2) is 0 Å². The molecular formula is C14H15N3O4S2. The summed E-state index contributed by atoms with van der Waals surface area (Å²) < 4.78 is 23.4. The number of benzene rings is 1. The fraction of sp³-hybridized carbons (Fsp3) is 0.357. The van der Waals surface area contributed by atoms with Gasteiger partial charge in [-0.15, -0.1) is 11.3 Å².